The molecule has 7 heteroatoms. The zero-order chi connectivity index (χ0) is 19.4. The Hall–Kier alpha value is -2.05. The number of sulfonamides is 1. The fourth-order valence-electron chi connectivity index (χ4n) is 3.05. The van der Waals surface area contributed by atoms with Crippen molar-refractivity contribution < 1.29 is 8.42 Å². The predicted octanol–water partition coefficient (Wildman–Crippen LogP) is 4.96. The van der Waals surface area contributed by atoms with Gasteiger partial charge in [-0.2, -0.15) is 5.10 Å². The van der Waals surface area contributed by atoms with E-state index in [0.717, 1.165) is 24.1 Å². The standard InChI is InChI=1S/C20H22ClN3O2S/c1-20(2,3)14-6-8-15(9-7-14)27(25,26)23-19-11-10-16(21)18-12-17(13-4-5-13)22-24(18)19/h6-13,23H,4-5H2,1-3H3. The van der Waals surface area contributed by atoms with Crippen LogP contribution in [0.5, 0.6) is 0 Å². The summed E-state index contributed by atoms with van der Waals surface area (Å²) >= 11 is 6.28. The Morgan fingerprint density at radius 3 is 2.37 bits per heavy atom. The molecule has 1 N–H and O–H groups in total. The lowest BCUT2D eigenvalue weighted by Crippen LogP contribution is -2.16. The number of rotatable bonds is 4. The van der Waals surface area contributed by atoms with Gasteiger partial charge in [-0.1, -0.05) is 44.5 Å². The van der Waals surface area contributed by atoms with Crippen molar-refractivity contribution in [2.75, 3.05) is 4.72 Å². The van der Waals surface area contributed by atoms with E-state index >= 15 is 0 Å². The molecule has 2 heterocycles. The number of halogens is 1. The van der Waals surface area contributed by atoms with E-state index in [2.05, 4.69) is 30.6 Å². The fraction of sp³-hybridized carbons (Fsp3) is 0.350. The Bertz CT molecular complexity index is 1110. The van der Waals surface area contributed by atoms with Gasteiger partial charge in [0.05, 0.1) is 21.1 Å². The molecule has 1 aliphatic rings. The third kappa shape index (κ3) is 3.56. The zero-order valence-corrected chi connectivity index (χ0v) is 17.1. The zero-order valence-electron chi connectivity index (χ0n) is 15.5. The van der Waals surface area contributed by atoms with E-state index in [-0.39, 0.29) is 10.3 Å². The topological polar surface area (TPSA) is 63.5 Å². The van der Waals surface area contributed by atoms with Crippen LogP contribution in [-0.2, 0) is 15.4 Å². The number of nitrogens with zero attached hydrogens (tertiary/aromatic N) is 2. The molecule has 4 rings (SSSR count). The van der Waals surface area contributed by atoms with Crippen LogP contribution < -0.4 is 4.72 Å². The minimum atomic E-state index is -3.73. The molecule has 0 atom stereocenters. The Labute approximate surface area is 164 Å². The Morgan fingerprint density at radius 2 is 1.78 bits per heavy atom. The van der Waals surface area contributed by atoms with Crippen molar-refractivity contribution in [1.82, 2.24) is 9.61 Å². The third-order valence-electron chi connectivity index (χ3n) is 4.85. The minimum absolute atomic E-state index is 0.0354. The van der Waals surface area contributed by atoms with Crippen LogP contribution in [0, 0.1) is 0 Å². The van der Waals surface area contributed by atoms with Crippen molar-refractivity contribution in [2.24, 2.45) is 0 Å². The lowest BCUT2D eigenvalue weighted by Gasteiger charge is -2.19. The maximum Gasteiger partial charge on any atom is 0.263 e. The Kier molecular flexibility index (Phi) is 4.24. The third-order valence-corrected chi connectivity index (χ3v) is 6.54. The summed E-state index contributed by atoms with van der Waals surface area (Å²) in [6, 6.07) is 12.2. The van der Waals surface area contributed by atoms with Crippen molar-refractivity contribution >= 4 is 33.0 Å². The molecular weight excluding hydrogens is 382 g/mol. The molecule has 0 saturated heterocycles. The van der Waals surface area contributed by atoms with Gasteiger partial charge in [0.15, 0.2) is 0 Å². The van der Waals surface area contributed by atoms with Gasteiger partial charge in [0, 0.05) is 5.92 Å². The van der Waals surface area contributed by atoms with Crippen molar-refractivity contribution in [3.05, 3.63) is 58.7 Å². The van der Waals surface area contributed by atoms with E-state index in [4.69, 9.17) is 11.6 Å². The number of hydrogen-bond acceptors (Lipinski definition) is 3. The second-order valence-corrected chi connectivity index (χ2v) is 10.2. The predicted molar refractivity (Wildman–Crippen MR) is 108 cm³/mol. The van der Waals surface area contributed by atoms with E-state index in [0.29, 0.717) is 22.3 Å². The van der Waals surface area contributed by atoms with E-state index < -0.39 is 10.0 Å². The van der Waals surface area contributed by atoms with Gasteiger partial charge in [-0.05, 0) is 54.2 Å². The van der Waals surface area contributed by atoms with Crippen molar-refractivity contribution in [1.29, 1.82) is 0 Å². The highest BCUT2D eigenvalue weighted by Gasteiger charge is 2.27. The SMILES string of the molecule is CC(C)(C)c1ccc(S(=O)(=O)Nc2ccc(Cl)c3cc(C4CC4)nn23)cc1. The lowest BCUT2D eigenvalue weighted by molar-refractivity contribution is 0.587. The van der Waals surface area contributed by atoms with Gasteiger partial charge in [0.1, 0.15) is 5.82 Å². The summed E-state index contributed by atoms with van der Waals surface area (Å²) in [5.74, 6) is 0.830. The van der Waals surface area contributed by atoms with Gasteiger partial charge in [-0.25, -0.2) is 12.9 Å². The Morgan fingerprint density at radius 1 is 1.11 bits per heavy atom. The average Bonchev–Trinajstić information content (AvgIpc) is 3.35. The molecule has 1 fully saturated rings. The molecule has 0 amide bonds. The quantitative estimate of drug-likeness (QED) is 0.669. The molecule has 1 saturated carbocycles. The van der Waals surface area contributed by atoms with Crippen LogP contribution in [0.3, 0.4) is 0 Å². The number of nitrogens with one attached hydrogen (secondary N) is 1. The maximum absolute atomic E-state index is 12.9. The van der Waals surface area contributed by atoms with Gasteiger partial charge >= 0.3 is 0 Å². The molecule has 0 spiro atoms. The van der Waals surface area contributed by atoms with Gasteiger partial charge in [-0.3, -0.25) is 4.72 Å². The number of fused-ring (bicyclic) bond motifs is 1. The van der Waals surface area contributed by atoms with Crippen LogP contribution in [0.15, 0.2) is 47.4 Å². The van der Waals surface area contributed by atoms with Crippen LogP contribution in [0.25, 0.3) is 5.52 Å². The summed E-state index contributed by atoms with van der Waals surface area (Å²) in [4.78, 5) is 0.216. The largest absolute Gasteiger partial charge is 0.263 e. The monoisotopic (exact) mass is 403 g/mol. The van der Waals surface area contributed by atoms with Crippen LogP contribution in [0.2, 0.25) is 5.02 Å². The molecule has 3 aromatic rings. The van der Waals surface area contributed by atoms with Crippen molar-refractivity contribution in [3.8, 4) is 0 Å². The van der Waals surface area contributed by atoms with Crippen LogP contribution in [0.1, 0.15) is 50.8 Å². The molecule has 0 aliphatic heterocycles. The molecule has 5 nitrogen and oxygen atoms in total. The second kappa shape index (κ2) is 6.24. The first-order valence-electron chi connectivity index (χ1n) is 8.97. The van der Waals surface area contributed by atoms with Gasteiger partial charge in [0.2, 0.25) is 0 Å². The second-order valence-electron chi connectivity index (χ2n) is 8.09. The first-order valence-corrected chi connectivity index (χ1v) is 10.8. The molecule has 142 valence electrons. The normalized spacial score (nSPS) is 15.3. The number of anilines is 1. The summed E-state index contributed by atoms with van der Waals surface area (Å²) in [6.45, 7) is 6.27. The van der Waals surface area contributed by atoms with E-state index in [1.165, 1.54) is 0 Å². The smallest absolute Gasteiger partial charge is 0.263 e. The molecule has 27 heavy (non-hydrogen) atoms. The highest BCUT2D eigenvalue weighted by Crippen LogP contribution is 2.40. The van der Waals surface area contributed by atoms with Gasteiger partial charge in [0.25, 0.3) is 10.0 Å². The molecule has 1 aromatic carbocycles. The minimum Gasteiger partial charge on any atom is -0.263 e. The summed E-state index contributed by atoms with van der Waals surface area (Å²) < 4.78 is 29.9. The molecule has 1 aliphatic carbocycles. The van der Waals surface area contributed by atoms with Crippen LogP contribution in [0.4, 0.5) is 5.82 Å². The van der Waals surface area contributed by atoms with Crippen LogP contribution in [-0.4, -0.2) is 18.0 Å². The molecular formula is C20H22ClN3O2S. The fourth-order valence-corrected chi connectivity index (χ4v) is 4.29. The number of benzene rings is 1. The number of pyridine rings is 1. The lowest BCUT2D eigenvalue weighted by atomic mass is 9.87. The molecule has 0 bridgehead atoms. The molecule has 2 aromatic heterocycles. The highest BCUT2D eigenvalue weighted by atomic mass is 35.5. The number of hydrogen-bond donors (Lipinski definition) is 1. The number of aromatic nitrogens is 2. The van der Waals surface area contributed by atoms with E-state index in [1.807, 2.05) is 18.2 Å². The highest BCUT2D eigenvalue weighted by molar-refractivity contribution is 7.92. The first kappa shape index (κ1) is 18.3. The summed E-state index contributed by atoms with van der Waals surface area (Å²) in [5, 5.41) is 5.11. The van der Waals surface area contributed by atoms with Crippen LogP contribution >= 0.6 is 11.6 Å². The van der Waals surface area contributed by atoms with Crippen molar-refractivity contribution in [2.45, 2.75) is 49.8 Å². The summed E-state index contributed by atoms with van der Waals surface area (Å²) in [6.07, 6.45) is 2.23. The van der Waals surface area contributed by atoms with Crippen molar-refractivity contribution in [3.63, 3.8) is 0 Å². The Balaban J connectivity index is 1.69. The molecule has 0 unspecified atom stereocenters. The molecule has 0 radical (unpaired) electrons. The maximum atomic E-state index is 12.9. The first-order chi connectivity index (χ1) is 12.6. The van der Waals surface area contributed by atoms with E-state index in [1.54, 1.807) is 28.8 Å². The van der Waals surface area contributed by atoms with E-state index in [9.17, 15) is 8.42 Å². The summed E-state index contributed by atoms with van der Waals surface area (Å²) in [7, 11) is -3.73. The van der Waals surface area contributed by atoms with Gasteiger partial charge in [-0.15, -0.1) is 0 Å². The average molecular weight is 404 g/mol. The van der Waals surface area contributed by atoms with Gasteiger partial charge < -0.3 is 0 Å². The summed E-state index contributed by atoms with van der Waals surface area (Å²) in [5.41, 5.74) is 2.71.